The van der Waals surface area contributed by atoms with Gasteiger partial charge in [0, 0.05) is 0 Å². The number of hydrogen-bond donors (Lipinski definition) is 0. The monoisotopic (exact) mass is 340 g/mol. The van der Waals surface area contributed by atoms with Crippen LogP contribution in [0.15, 0.2) is 30.3 Å². The molecule has 0 unspecified atom stereocenters. The summed E-state index contributed by atoms with van der Waals surface area (Å²) in [7, 11) is 0. The molecular formula is C12H12F3I. The minimum atomic E-state index is -4.25. The fraction of sp³-hybridized carbons (Fsp3) is 0.333. The van der Waals surface area contributed by atoms with Gasteiger partial charge in [-0.2, -0.15) is 13.2 Å². The molecule has 0 aliphatic rings. The molecule has 0 aromatic heterocycles. The van der Waals surface area contributed by atoms with Gasteiger partial charge in [-0.3, -0.25) is 0 Å². The highest BCUT2D eigenvalue weighted by atomic mass is 127. The van der Waals surface area contributed by atoms with E-state index >= 15 is 0 Å². The van der Waals surface area contributed by atoms with Crippen LogP contribution < -0.4 is 0 Å². The van der Waals surface area contributed by atoms with Crippen LogP contribution in [0.5, 0.6) is 0 Å². The molecule has 0 N–H and O–H groups in total. The molecule has 0 spiro atoms. The van der Waals surface area contributed by atoms with Crippen LogP contribution in [0.4, 0.5) is 13.2 Å². The van der Waals surface area contributed by atoms with E-state index < -0.39 is 11.7 Å². The molecule has 4 heteroatoms. The molecule has 88 valence electrons. The SMILES string of the molecule is FC(F)(F)c1ccc(C=CCCCI)cc1. The van der Waals surface area contributed by atoms with Crippen molar-refractivity contribution in [2.45, 2.75) is 19.0 Å². The quantitative estimate of drug-likeness (QED) is 0.414. The van der Waals surface area contributed by atoms with E-state index in [2.05, 4.69) is 22.6 Å². The lowest BCUT2D eigenvalue weighted by molar-refractivity contribution is -0.137. The minimum absolute atomic E-state index is 0.600. The van der Waals surface area contributed by atoms with Gasteiger partial charge in [0.15, 0.2) is 0 Å². The smallest absolute Gasteiger partial charge is 0.166 e. The van der Waals surface area contributed by atoms with E-state index in [1.165, 1.54) is 12.1 Å². The zero-order valence-electron chi connectivity index (χ0n) is 8.60. The molecule has 0 aliphatic heterocycles. The predicted molar refractivity (Wildman–Crippen MR) is 68.6 cm³/mol. The highest BCUT2D eigenvalue weighted by Crippen LogP contribution is 2.29. The first kappa shape index (κ1) is 13.5. The Bertz CT molecular complexity index is 338. The normalized spacial score (nSPS) is 12.2. The van der Waals surface area contributed by atoms with Gasteiger partial charge in [-0.15, -0.1) is 0 Å². The van der Waals surface area contributed by atoms with E-state index in [-0.39, 0.29) is 0 Å². The third-order valence-electron chi connectivity index (χ3n) is 2.05. The Morgan fingerprint density at radius 1 is 1.12 bits per heavy atom. The Morgan fingerprint density at radius 2 is 1.75 bits per heavy atom. The van der Waals surface area contributed by atoms with Crippen molar-refractivity contribution in [3.63, 3.8) is 0 Å². The maximum Gasteiger partial charge on any atom is 0.416 e. The van der Waals surface area contributed by atoms with Gasteiger partial charge in [0.05, 0.1) is 5.56 Å². The second kappa shape index (κ2) is 6.27. The van der Waals surface area contributed by atoms with Crippen molar-refractivity contribution in [2.24, 2.45) is 0 Å². The first-order chi connectivity index (χ1) is 7.54. The van der Waals surface area contributed by atoms with Crippen LogP contribution in [-0.4, -0.2) is 4.43 Å². The van der Waals surface area contributed by atoms with Gasteiger partial charge in [-0.25, -0.2) is 0 Å². The Morgan fingerprint density at radius 3 is 2.25 bits per heavy atom. The largest absolute Gasteiger partial charge is 0.416 e. The molecule has 0 radical (unpaired) electrons. The van der Waals surface area contributed by atoms with Gasteiger partial charge in [-0.1, -0.05) is 46.9 Å². The second-order valence-electron chi connectivity index (χ2n) is 3.35. The highest BCUT2D eigenvalue weighted by Gasteiger charge is 2.29. The molecule has 0 amide bonds. The summed E-state index contributed by atoms with van der Waals surface area (Å²) in [5.41, 5.74) is 0.207. The van der Waals surface area contributed by atoms with Crippen LogP contribution in [0.2, 0.25) is 0 Å². The molecule has 0 saturated carbocycles. The van der Waals surface area contributed by atoms with E-state index in [0.717, 1.165) is 35.0 Å². The fourth-order valence-corrected chi connectivity index (χ4v) is 1.64. The summed E-state index contributed by atoms with van der Waals surface area (Å²) in [6.07, 6.45) is 1.65. The van der Waals surface area contributed by atoms with Gasteiger partial charge in [-0.05, 0) is 35.0 Å². The number of hydrogen-bond acceptors (Lipinski definition) is 0. The predicted octanol–water partition coefficient (Wildman–Crippen LogP) is 4.93. The van der Waals surface area contributed by atoms with Gasteiger partial charge in [0.2, 0.25) is 0 Å². The zero-order valence-corrected chi connectivity index (χ0v) is 10.8. The summed E-state index contributed by atoms with van der Waals surface area (Å²) in [4.78, 5) is 0. The van der Waals surface area contributed by atoms with Crippen molar-refractivity contribution in [2.75, 3.05) is 4.43 Å². The lowest BCUT2D eigenvalue weighted by Crippen LogP contribution is -2.03. The summed E-state index contributed by atoms with van der Waals surface area (Å²) in [5, 5.41) is 0. The third kappa shape index (κ3) is 4.55. The van der Waals surface area contributed by atoms with E-state index in [1.54, 1.807) is 0 Å². The molecule has 0 aliphatic carbocycles. The van der Waals surface area contributed by atoms with Gasteiger partial charge in [0.25, 0.3) is 0 Å². The van der Waals surface area contributed by atoms with Crippen LogP contribution in [-0.2, 0) is 6.18 Å². The van der Waals surface area contributed by atoms with E-state index in [4.69, 9.17) is 0 Å². The Labute approximate surface area is 107 Å². The average Bonchev–Trinajstić information content (AvgIpc) is 2.24. The van der Waals surface area contributed by atoms with Crippen molar-refractivity contribution < 1.29 is 13.2 Å². The first-order valence-corrected chi connectivity index (χ1v) is 6.46. The van der Waals surface area contributed by atoms with Crippen molar-refractivity contribution in [1.29, 1.82) is 0 Å². The molecule has 1 aromatic carbocycles. The zero-order chi connectivity index (χ0) is 12.0. The van der Waals surface area contributed by atoms with E-state index in [9.17, 15) is 13.2 Å². The molecule has 16 heavy (non-hydrogen) atoms. The third-order valence-corrected chi connectivity index (χ3v) is 2.82. The van der Waals surface area contributed by atoms with E-state index in [0.29, 0.717) is 0 Å². The van der Waals surface area contributed by atoms with Crippen molar-refractivity contribution in [3.05, 3.63) is 41.5 Å². The summed E-state index contributed by atoms with van der Waals surface area (Å²) in [5.74, 6) is 0. The summed E-state index contributed by atoms with van der Waals surface area (Å²) >= 11 is 2.30. The van der Waals surface area contributed by atoms with Gasteiger partial charge < -0.3 is 0 Å². The molecule has 0 nitrogen and oxygen atoms in total. The molecule has 1 rings (SSSR count). The molecule has 0 saturated heterocycles. The Balaban J connectivity index is 2.61. The molecule has 0 atom stereocenters. The van der Waals surface area contributed by atoms with E-state index in [1.807, 2.05) is 12.2 Å². The van der Waals surface area contributed by atoms with Crippen LogP contribution in [0.25, 0.3) is 6.08 Å². The fourth-order valence-electron chi connectivity index (χ4n) is 1.20. The Kier molecular flexibility index (Phi) is 5.31. The average molecular weight is 340 g/mol. The highest BCUT2D eigenvalue weighted by molar-refractivity contribution is 14.1. The molecular weight excluding hydrogens is 328 g/mol. The van der Waals surface area contributed by atoms with Crippen LogP contribution in [0, 0.1) is 0 Å². The lowest BCUT2D eigenvalue weighted by atomic mass is 10.1. The molecule has 0 heterocycles. The standard InChI is InChI=1S/C12H12F3I/c13-12(14,15)11-7-5-10(6-8-11)4-2-1-3-9-16/h2,4-8H,1,3,9H2. The van der Waals surface area contributed by atoms with Gasteiger partial charge in [0.1, 0.15) is 0 Å². The maximum atomic E-state index is 12.3. The molecule has 1 aromatic rings. The summed E-state index contributed by atoms with van der Waals surface area (Å²) < 4.78 is 37.9. The number of allylic oxidation sites excluding steroid dienone is 1. The maximum absolute atomic E-state index is 12.3. The van der Waals surface area contributed by atoms with Crippen LogP contribution in [0.1, 0.15) is 24.0 Å². The number of alkyl halides is 4. The number of halogens is 4. The lowest BCUT2D eigenvalue weighted by Gasteiger charge is -2.05. The number of unbranched alkanes of at least 4 members (excludes halogenated alkanes) is 1. The second-order valence-corrected chi connectivity index (χ2v) is 4.43. The van der Waals surface area contributed by atoms with Crippen molar-refractivity contribution in [1.82, 2.24) is 0 Å². The van der Waals surface area contributed by atoms with Crippen LogP contribution >= 0.6 is 22.6 Å². The summed E-state index contributed by atoms with van der Waals surface area (Å²) in [6.45, 7) is 0. The van der Waals surface area contributed by atoms with Crippen LogP contribution in [0.3, 0.4) is 0 Å². The topological polar surface area (TPSA) is 0 Å². The molecule has 0 bridgehead atoms. The van der Waals surface area contributed by atoms with Crippen molar-refractivity contribution >= 4 is 28.7 Å². The van der Waals surface area contributed by atoms with Crippen molar-refractivity contribution in [3.8, 4) is 0 Å². The first-order valence-electron chi connectivity index (χ1n) is 4.94. The number of rotatable bonds is 4. The minimum Gasteiger partial charge on any atom is -0.166 e. The Hall–Kier alpha value is -0.520. The molecule has 0 fully saturated rings. The van der Waals surface area contributed by atoms with Gasteiger partial charge >= 0.3 is 6.18 Å². The number of benzene rings is 1. The summed E-state index contributed by atoms with van der Waals surface area (Å²) in [6, 6.07) is 5.20.